The lowest BCUT2D eigenvalue weighted by Crippen LogP contribution is -2.49. The Balaban J connectivity index is 1.92. The maximum atomic E-state index is 12.1. The van der Waals surface area contributed by atoms with Crippen LogP contribution in [0.5, 0.6) is 0 Å². The number of nitrogens with zero attached hydrogens (tertiary/aromatic N) is 3. The van der Waals surface area contributed by atoms with Crippen molar-refractivity contribution in [1.82, 2.24) is 19.8 Å². The Hall–Kier alpha value is -2.09. The van der Waals surface area contributed by atoms with Gasteiger partial charge < -0.3 is 25.0 Å². The van der Waals surface area contributed by atoms with E-state index in [0.717, 1.165) is 4.90 Å². The first-order valence-corrected chi connectivity index (χ1v) is 6.41. The van der Waals surface area contributed by atoms with Crippen molar-refractivity contribution in [2.75, 3.05) is 6.54 Å². The summed E-state index contributed by atoms with van der Waals surface area (Å²) >= 11 is 0. The van der Waals surface area contributed by atoms with E-state index in [9.17, 15) is 14.7 Å². The number of amides is 2. The number of aliphatic hydroxyl groups excluding tert-OH is 1. The Labute approximate surface area is 116 Å². The number of urea groups is 1. The molecule has 110 valence electrons. The quantitative estimate of drug-likeness (QED) is 0.690. The first kappa shape index (κ1) is 14.3. The maximum absolute atomic E-state index is 12.1. The standard InChI is InChI=1S/C12H18N4O4/c1-8(5-15-3-2-13-7-15)14-12(20)16-6-9(17)4-10(16)11(18)19/h2-3,7-10,17H,4-6H2,1H3,(H,14,20)(H,18,19)/t8?,9-,10-/m1/s1. The van der Waals surface area contributed by atoms with Crippen LogP contribution in [0.1, 0.15) is 13.3 Å². The molecule has 0 radical (unpaired) electrons. The van der Waals surface area contributed by atoms with Gasteiger partial charge in [0.05, 0.1) is 12.4 Å². The molecule has 0 aromatic carbocycles. The van der Waals surface area contributed by atoms with Crippen molar-refractivity contribution in [1.29, 1.82) is 0 Å². The van der Waals surface area contributed by atoms with E-state index in [-0.39, 0.29) is 19.0 Å². The number of hydrogen-bond donors (Lipinski definition) is 3. The van der Waals surface area contributed by atoms with Gasteiger partial charge in [0.2, 0.25) is 0 Å². The molecule has 0 spiro atoms. The third-order valence-electron chi connectivity index (χ3n) is 3.24. The van der Waals surface area contributed by atoms with Gasteiger partial charge in [0.15, 0.2) is 0 Å². The summed E-state index contributed by atoms with van der Waals surface area (Å²) in [6.45, 7) is 2.40. The molecule has 8 heteroatoms. The van der Waals surface area contributed by atoms with Gasteiger partial charge in [0.25, 0.3) is 0 Å². The number of likely N-dealkylation sites (tertiary alicyclic amines) is 1. The number of nitrogens with one attached hydrogen (secondary N) is 1. The van der Waals surface area contributed by atoms with Crippen LogP contribution >= 0.6 is 0 Å². The van der Waals surface area contributed by atoms with Crippen LogP contribution in [-0.2, 0) is 11.3 Å². The summed E-state index contributed by atoms with van der Waals surface area (Å²) in [7, 11) is 0. The third kappa shape index (κ3) is 3.27. The second-order valence-electron chi connectivity index (χ2n) is 5.01. The first-order valence-electron chi connectivity index (χ1n) is 6.41. The van der Waals surface area contributed by atoms with Crippen LogP contribution in [0, 0.1) is 0 Å². The predicted molar refractivity (Wildman–Crippen MR) is 69.0 cm³/mol. The van der Waals surface area contributed by atoms with Gasteiger partial charge in [-0.1, -0.05) is 0 Å². The van der Waals surface area contributed by atoms with Crippen molar-refractivity contribution in [3.63, 3.8) is 0 Å². The number of hydrogen-bond acceptors (Lipinski definition) is 4. The number of β-amino-alcohol motifs (C(OH)–C–C–N with tert-alkyl or cyclic N) is 1. The van der Waals surface area contributed by atoms with Gasteiger partial charge in [-0.3, -0.25) is 0 Å². The minimum atomic E-state index is -1.10. The normalized spacial score (nSPS) is 23.6. The highest BCUT2D eigenvalue weighted by molar-refractivity contribution is 5.83. The molecule has 1 fully saturated rings. The Morgan fingerprint density at radius 2 is 2.30 bits per heavy atom. The number of carbonyl (C=O) groups is 2. The molecule has 8 nitrogen and oxygen atoms in total. The van der Waals surface area contributed by atoms with Crippen molar-refractivity contribution < 1.29 is 19.8 Å². The largest absolute Gasteiger partial charge is 0.480 e. The van der Waals surface area contributed by atoms with Gasteiger partial charge in [0.1, 0.15) is 6.04 Å². The Bertz CT molecular complexity index is 476. The summed E-state index contributed by atoms with van der Waals surface area (Å²) < 4.78 is 1.82. The molecule has 0 saturated carbocycles. The average molecular weight is 282 g/mol. The molecule has 2 heterocycles. The zero-order valence-corrected chi connectivity index (χ0v) is 11.1. The summed E-state index contributed by atoms with van der Waals surface area (Å²) in [5.41, 5.74) is 0. The van der Waals surface area contributed by atoms with Gasteiger partial charge in [-0.15, -0.1) is 0 Å². The van der Waals surface area contributed by atoms with Gasteiger partial charge in [-0.2, -0.15) is 0 Å². The van der Waals surface area contributed by atoms with Crippen LogP contribution in [-0.4, -0.2) is 61.4 Å². The van der Waals surface area contributed by atoms with Gasteiger partial charge in [-0.25, -0.2) is 14.6 Å². The smallest absolute Gasteiger partial charge is 0.326 e. The van der Waals surface area contributed by atoms with E-state index >= 15 is 0 Å². The van der Waals surface area contributed by atoms with Crippen LogP contribution in [0.3, 0.4) is 0 Å². The number of carboxylic acids is 1. The molecule has 1 aromatic heterocycles. The summed E-state index contributed by atoms with van der Waals surface area (Å²) in [6, 6.07) is -1.61. The van der Waals surface area contributed by atoms with Crippen LogP contribution in [0.25, 0.3) is 0 Å². The molecule has 3 N–H and O–H groups in total. The highest BCUT2D eigenvalue weighted by Crippen LogP contribution is 2.18. The highest BCUT2D eigenvalue weighted by Gasteiger charge is 2.39. The summed E-state index contributed by atoms with van der Waals surface area (Å²) in [4.78, 5) is 28.2. The molecule has 2 amide bonds. The van der Waals surface area contributed by atoms with Gasteiger partial charge in [-0.05, 0) is 6.92 Å². The molecule has 0 aliphatic carbocycles. The lowest BCUT2D eigenvalue weighted by molar-refractivity contribution is -0.141. The first-order chi connectivity index (χ1) is 9.47. The van der Waals surface area contributed by atoms with Crippen LogP contribution < -0.4 is 5.32 Å². The van der Waals surface area contributed by atoms with E-state index in [1.54, 1.807) is 18.7 Å². The number of rotatable bonds is 4. The van der Waals surface area contributed by atoms with E-state index in [0.29, 0.717) is 6.54 Å². The molecule has 3 atom stereocenters. The molecule has 1 aromatic rings. The number of aromatic nitrogens is 2. The molecule has 20 heavy (non-hydrogen) atoms. The second-order valence-corrected chi connectivity index (χ2v) is 5.01. The molecule has 0 bridgehead atoms. The topological polar surface area (TPSA) is 108 Å². The Kier molecular flexibility index (Phi) is 4.23. The lowest BCUT2D eigenvalue weighted by atomic mass is 10.2. The number of imidazole rings is 1. The third-order valence-corrected chi connectivity index (χ3v) is 3.24. The fourth-order valence-electron chi connectivity index (χ4n) is 2.32. The molecule has 1 unspecified atom stereocenters. The molecule has 2 rings (SSSR count). The number of carboxylic acid groups (broad SMARTS) is 1. The van der Waals surface area contributed by atoms with E-state index in [1.165, 1.54) is 0 Å². The molecule has 1 saturated heterocycles. The van der Waals surface area contributed by atoms with E-state index in [4.69, 9.17) is 5.11 Å². The van der Waals surface area contributed by atoms with Crippen molar-refractivity contribution in [3.05, 3.63) is 18.7 Å². The molecular weight excluding hydrogens is 264 g/mol. The molecule has 1 aliphatic rings. The zero-order valence-electron chi connectivity index (χ0n) is 11.1. The summed E-state index contributed by atoms with van der Waals surface area (Å²) in [6.07, 6.45) is 4.35. The predicted octanol–water partition coefficient (Wildman–Crippen LogP) is -0.499. The minimum Gasteiger partial charge on any atom is -0.480 e. The number of aliphatic carboxylic acids is 1. The lowest BCUT2D eigenvalue weighted by Gasteiger charge is -2.24. The second kappa shape index (κ2) is 5.91. The van der Waals surface area contributed by atoms with E-state index in [2.05, 4.69) is 10.3 Å². The Morgan fingerprint density at radius 3 is 2.90 bits per heavy atom. The fraction of sp³-hybridized carbons (Fsp3) is 0.583. The van der Waals surface area contributed by atoms with Crippen LogP contribution in [0.2, 0.25) is 0 Å². The SMILES string of the molecule is CC(Cn1ccnc1)NC(=O)N1C[C@H](O)C[C@@H]1C(=O)O. The number of carbonyl (C=O) groups excluding carboxylic acids is 1. The minimum absolute atomic E-state index is 0.0423. The summed E-state index contributed by atoms with van der Waals surface area (Å²) in [5, 5.41) is 21.3. The zero-order chi connectivity index (χ0) is 14.7. The van der Waals surface area contributed by atoms with Crippen LogP contribution in [0.4, 0.5) is 4.79 Å². The monoisotopic (exact) mass is 282 g/mol. The molecule has 1 aliphatic heterocycles. The fourth-order valence-corrected chi connectivity index (χ4v) is 2.32. The van der Waals surface area contributed by atoms with Gasteiger partial charge in [0, 0.05) is 37.9 Å². The molecular formula is C12H18N4O4. The highest BCUT2D eigenvalue weighted by atomic mass is 16.4. The van der Waals surface area contributed by atoms with Crippen molar-refractivity contribution in [2.24, 2.45) is 0 Å². The number of aliphatic hydroxyl groups is 1. The average Bonchev–Trinajstić information content (AvgIpc) is 2.97. The van der Waals surface area contributed by atoms with Crippen molar-refractivity contribution >= 4 is 12.0 Å². The van der Waals surface area contributed by atoms with Crippen molar-refractivity contribution in [2.45, 2.75) is 38.1 Å². The van der Waals surface area contributed by atoms with Gasteiger partial charge >= 0.3 is 12.0 Å². The maximum Gasteiger partial charge on any atom is 0.326 e. The summed E-state index contributed by atoms with van der Waals surface area (Å²) in [5.74, 6) is -1.10. The van der Waals surface area contributed by atoms with E-state index < -0.39 is 24.1 Å². The van der Waals surface area contributed by atoms with Crippen molar-refractivity contribution in [3.8, 4) is 0 Å². The van der Waals surface area contributed by atoms with Crippen LogP contribution in [0.15, 0.2) is 18.7 Å². The Morgan fingerprint density at radius 1 is 1.55 bits per heavy atom. The van der Waals surface area contributed by atoms with E-state index in [1.807, 2.05) is 11.5 Å².